The molecule has 2 N–H and O–H groups in total. The number of nitrogens with one attached hydrogen (secondary N) is 1. The highest BCUT2D eigenvalue weighted by molar-refractivity contribution is 6.30. The van der Waals surface area contributed by atoms with Crippen molar-refractivity contribution in [1.29, 1.82) is 0 Å². The van der Waals surface area contributed by atoms with Crippen LogP contribution in [0.4, 0.5) is 4.79 Å². The minimum Gasteiger partial charge on any atom is -0.481 e. The van der Waals surface area contributed by atoms with Crippen LogP contribution in [0.25, 0.3) is 0 Å². The van der Waals surface area contributed by atoms with Crippen molar-refractivity contribution in [3.05, 3.63) is 34.9 Å². The molecule has 0 spiro atoms. The Kier molecular flexibility index (Phi) is 6.68. The van der Waals surface area contributed by atoms with E-state index in [0.717, 1.165) is 5.56 Å². The molecule has 0 radical (unpaired) electrons. The molecule has 0 aromatic heterocycles. The van der Waals surface area contributed by atoms with E-state index in [4.69, 9.17) is 16.7 Å². The summed E-state index contributed by atoms with van der Waals surface area (Å²) in [7, 11) is 1.59. The van der Waals surface area contributed by atoms with Crippen LogP contribution in [-0.4, -0.2) is 35.6 Å². The summed E-state index contributed by atoms with van der Waals surface area (Å²) in [4.78, 5) is 24.5. The van der Waals surface area contributed by atoms with Crippen LogP contribution < -0.4 is 5.32 Å². The highest BCUT2D eigenvalue weighted by Crippen LogP contribution is 2.23. The van der Waals surface area contributed by atoms with Crippen molar-refractivity contribution >= 4 is 23.6 Å². The summed E-state index contributed by atoms with van der Waals surface area (Å²) in [5.74, 6) is -1.34. The molecule has 0 saturated heterocycles. The van der Waals surface area contributed by atoms with Crippen molar-refractivity contribution in [3.63, 3.8) is 0 Å². The Balaban J connectivity index is 2.76. The van der Waals surface area contributed by atoms with Crippen LogP contribution in [0.15, 0.2) is 24.3 Å². The number of nitrogens with zero attached hydrogens (tertiary/aromatic N) is 1. The first-order valence-corrected chi connectivity index (χ1v) is 7.60. The van der Waals surface area contributed by atoms with E-state index >= 15 is 0 Å². The van der Waals surface area contributed by atoms with Gasteiger partial charge >= 0.3 is 12.0 Å². The molecule has 2 atom stereocenters. The Hall–Kier alpha value is -1.75. The number of urea groups is 1. The van der Waals surface area contributed by atoms with Gasteiger partial charge in [0.1, 0.15) is 0 Å². The van der Waals surface area contributed by atoms with Crippen molar-refractivity contribution in [3.8, 4) is 0 Å². The Morgan fingerprint density at radius 2 is 1.77 bits per heavy atom. The third-order valence-electron chi connectivity index (χ3n) is 3.49. The van der Waals surface area contributed by atoms with Crippen LogP contribution in [0.5, 0.6) is 0 Å². The van der Waals surface area contributed by atoms with Gasteiger partial charge in [0, 0.05) is 18.6 Å². The molecule has 0 saturated carbocycles. The molecule has 1 aromatic rings. The fourth-order valence-electron chi connectivity index (χ4n) is 2.12. The minimum absolute atomic E-state index is 0.159. The van der Waals surface area contributed by atoms with Crippen molar-refractivity contribution in [1.82, 2.24) is 10.2 Å². The zero-order valence-corrected chi connectivity index (χ0v) is 14.1. The molecule has 122 valence electrons. The smallest absolute Gasteiger partial charge is 0.317 e. The first kappa shape index (κ1) is 18.3. The van der Waals surface area contributed by atoms with Crippen LogP contribution in [0, 0.1) is 11.8 Å². The fourth-order valence-corrected chi connectivity index (χ4v) is 2.25. The summed E-state index contributed by atoms with van der Waals surface area (Å²) < 4.78 is 0. The standard InChI is InChI=1S/C16H23ClN2O3/c1-10(2)14(12-5-7-13(17)8-6-12)18-16(22)19(4)9-11(3)15(20)21/h5-8,10-11,14H,9H2,1-4H3,(H,18,22)(H,20,21). The molecule has 0 aliphatic carbocycles. The van der Waals surface area contributed by atoms with E-state index < -0.39 is 11.9 Å². The third-order valence-corrected chi connectivity index (χ3v) is 3.74. The summed E-state index contributed by atoms with van der Waals surface area (Å²) >= 11 is 5.89. The number of hydrogen-bond acceptors (Lipinski definition) is 2. The maximum Gasteiger partial charge on any atom is 0.317 e. The molecule has 1 aromatic carbocycles. The molecule has 2 unspecified atom stereocenters. The number of amides is 2. The molecule has 0 aliphatic heterocycles. The molecule has 0 heterocycles. The third kappa shape index (κ3) is 5.22. The zero-order valence-electron chi connectivity index (χ0n) is 13.3. The van der Waals surface area contributed by atoms with E-state index in [2.05, 4.69) is 5.32 Å². The predicted molar refractivity (Wildman–Crippen MR) is 87.0 cm³/mol. The van der Waals surface area contributed by atoms with Gasteiger partial charge in [0.15, 0.2) is 0 Å². The molecule has 1 rings (SSSR count). The van der Waals surface area contributed by atoms with E-state index in [1.54, 1.807) is 26.1 Å². The molecule has 0 bridgehead atoms. The van der Waals surface area contributed by atoms with Gasteiger partial charge in [-0.05, 0) is 23.6 Å². The van der Waals surface area contributed by atoms with Gasteiger partial charge in [0.2, 0.25) is 0 Å². The first-order valence-electron chi connectivity index (χ1n) is 7.22. The lowest BCUT2D eigenvalue weighted by Crippen LogP contribution is -2.43. The van der Waals surface area contributed by atoms with Gasteiger partial charge in [-0.3, -0.25) is 4.79 Å². The van der Waals surface area contributed by atoms with Crippen molar-refractivity contribution < 1.29 is 14.7 Å². The van der Waals surface area contributed by atoms with E-state index in [-0.39, 0.29) is 24.5 Å². The van der Waals surface area contributed by atoms with Gasteiger partial charge in [0.25, 0.3) is 0 Å². The molecule has 0 aliphatic rings. The second-order valence-corrected chi connectivity index (χ2v) is 6.28. The summed E-state index contributed by atoms with van der Waals surface area (Å²) in [5, 5.41) is 12.5. The second kappa shape index (κ2) is 8.03. The van der Waals surface area contributed by atoms with Crippen LogP contribution >= 0.6 is 11.6 Å². The maximum atomic E-state index is 12.3. The Morgan fingerprint density at radius 3 is 2.23 bits per heavy atom. The number of halogens is 1. The van der Waals surface area contributed by atoms with Crippen molar-refractivity contribution in [2.24, 2.45) is 11.8 Å². The normalized spacial score (nSPS) is 13.5. The largest absolute Gasteiger partial charge is 0.481 e. The quantitative estimate of drug-likeness (QED) is 0.841. The van der Waals surface area contributed by atoms with Gasteiger partial charge in [-0.15, -0.1) is 0 Å². The molecular weight excluding hydrogens is 304 g/mol. The first-order chi connectivity index (χ1) is 10.2. The molecule has 0 fully saturated rings. The van der Waals surface area contributed by atoms with Crippen molar-refractivity contribution in [2.75, 3.05) is 13.6 Å². The Bertz CT molecular complexity index is 517. The number of benzene rings is 1. The average molecular weight is 327 g/mol. The number of carboxylic acid groups (broad SMARTS) is 1. The molecule has 22 heavy (non-hydrogen) atoms. The van der Waals surface area contributed by atoms with E-state index in [0.29, 0.717) is 5.02 Å². The Labute approximate surface area is 136 Å². The second-order valence-electron chi connectivity index (χ2n) is 5.84. The van der Waals surface area contributed by atoms with Gasteiger partial charge < -0.3 is 15.3 Å². The van der Waals surface area contributed by atoms with E-state index in [9.17, 15) is 9.59 Å². The number of carbonyl (C=O) groups excluding carboxylic acids is 1. The lowest BCUT2D eigenvalue weighted by molar-refractivity contribution is -0.141. The highest BCUT2D eigenvalue weighted by atomic mass is 35.5. The number of carbonyl (C=O) groups is 2. The number of rotatable bonds is 6. The zero-order chi connectivity index (χ0) is 16.9. The minimum atomic E-state index is -0.919. The number of aliphatic carboxylic acids is 1. The van der Waals surface area contributed by atoms with Gasteiger partial charge in [0.05, 0.1) is 12.0 Å². The summed E-state index contributed by atoms with van der Waals surface area (Å²) in [6.45, 7) is 5.76. The maximum absolute atomic E-state index is 12.3. The number of carboxylic acids is 1. The lowest BCUT2D eigenvalue weighted by Gasteiger charge is -2.27. The monoisotopic (exact) mass is 326 g/mol. The molecule has 5 nitrogen and oxygen atoms in total. The SMILES string of the molecule is CC(CN(C)C(=O)NC(c1ccc(Cl)cc1)C(C)C)C(=O)O. The molecule has 2 amide bonds. The van der Waals surface area contributed by atoms with Crippen LogP contribution in [0.3, 0.4) is 0 Å². The summed E-state index contributed by atoms with van der Waals surface area (Å²) in [6, 6.07) is 6.89. The summed E-state index contributed by atoms with van der Waals surface area (Å²) in [6.07, 6.45) is 0. The predicted octanol–water partition coefficient (Wildman–Crippen LogP) is 3.40. The number of hydrogen-bond donors (Lipinski definition) is 2. The van der Waals surface area contributed by atoms with Crippen LogP contribution in [0.1, 0.15) is 32.4 Å². The van der Waals surface area contributed by atoms with Crippen LogP contribution in [0.2, 0.25) is 5.02 Å². The van der Waals surface area contributed by atoms with Crippen molar-refractivity contribution in [2.45, 2.75) is 26.8 Å². The molecule has 6 heteroatoms. The van der Waals surface area contributed by atoms with E-state index in [1.807, 2.05) is 26.0 Å². The van der Waals surface area contributed by atoms with Crippen LogP contribution in [-0.2, 0) is 4.79 Å². The topological polar surface area (TPSA) is 69.6 Å². The molecular formula is C16H23ClN2O3. The van der Waals surface area contributed by atoms with E-state index in [1.165, 1.54) is 4.90 Å². The van der Waals surface area contributed by atoms with Gasteiger partial charge in [-0.1, -0.05) is 44.5 Å². The summed E-state index contributed by atoms with van der Waals surface area (Å²) in [5.41, 5.74) is 0.965. The lowest BCUT2D eigenvalue weighted by atomic mass is 9.96. The van der Waals surface area contributed by atoms with Gasteiger partial charge in [-0.25, -0.2) is 4.79 Å². The van der Waals surface area contributed by atoms with Gasteiger partial charge in [-0.2, -0.15) is 0 Å². The highest BCUT2D eigenvalue weighted by Gasteiger charge is 2.22. The Morgan fingerprint density at radius 1 is 1.23 bits per heavy atom. The fraction of sp³-hybridized carbons (Fsp3) is 0.500. The average Bonchev–Trinajstić information content (AvgIpc) is 2.45.